The number of aromatic hydroxyl groups is 1. The molecule has 1 aliphatic rings. The van der Waals surface area contributed by atoms with Gasteiger partial charge >= 0.3 is 5.97 Å². The number of phenols is 1. The minimum Gasteiger partial charge on any atom is -0.508 e. The van der Waals surface area contributed by atoms with Crippen LogP contribution in [0.3, 0.4) is 0 Å². The zero-order valence-corrected chi connectivity index (χ0v) is 8.89. The van der Waals surface area contributed by atoms with Gasteiger partial charge in [0.05, 0.1) is 0 Å². The highest BCUT2D eigenvalue weighted by Crippen LogP contribution is 2.20. The van der Waals surface area contributed by atoms with Gasteiger partial charge in [0.2, 0.25) is 0 Å². The molecule has 0 bridgehead atoms. The molecule has 0 aliphatic heterocycles. The van der Waals surface area contributed by atoms with Crippen LogP contribution < -0.4 is 5.32 Å². The number of phenolic OH excluding ortho intramolecular Hbond substituents is 1. The fraction of sp³-hybridized carbons (Fsp3) is 0.417. The molecule has 1 aromatic rings. The summed E-state index contributed by atoms with van der Waals surface area (Å²) in [5.41, 5.74) is 0.915. The highest BCUT2D eigenvalue weighted by Gasteiger charge is 2.28. The van der Waals surface area contributed by atoms with Gasteiger partial charge in [0.15, 0.2) is 0 Å². The van der Waals surface area contributed by atoms with Gasteiger partial charge in [-0.25, -0.2) is 0 Å². The van der Waals surface area contributed by atoms with Crippen molar-refractivity contribution in [2.24, 2.45) is 0 Å². The Hall–Kier alpha value is -1.55. The number of carbonyl (C=O) groups is 1. The van der Waals surface area contributed by atoms with Crippen molar-refractivity contribution in [2.75, 3.05) is 0 Å². The molecule has 1 aliphatic carbocycles. The molecule has 1 atom stereocenters. The molecular weight excluding hydrogens is 206 g/mol. The Morgan fingerprint density at radius 1 is 1.38 bits per heavy atom. The number of hydrogen-bond acceptors (Lipinski definition) is 3. The maximum atomic E-state index is 11.0. The molecule has 1 unspecified atom stereocenters. The predicted molar refractivity (Wildman–Crippen MR) is 59.4 cm³/mol. The number of aliphatic carboxylic acids is 1. The third kappa shape index (κ3) is 2.97. The number of carboxylic acid groups (broad SMARTS) is 1. The quantitative estimate of drug-likeness (QED) is 0.697. The molecule has 0 aromatic heterocycles. The third-order valence-corrected chi connectivity index (χ3v) is 2.69. The van der Waals surface area contributed by atoms with E-state index >= 15 is 0 Å². The van der Waals surface area contributed by atoms with Crippen LogP contribution in [0.5, 0.6) is 5.75 Å². The van der Waals surface area contributed by atoms with Crippen molar-refractivity contribution in [1.82, 2.24) is 5.32 Å². The lowest BCUT2D eigenvalue weighted by atomic mass is 10.1. The topological polar surface area (TPSA) is 69.6 Å². The number of hydrogen-bond donors (Lipinski definition) is 3. The molecule has 0 heterocycles. The Morgan fingerprint density at radius 2 is 2.00 bits per heavy atom. The molecule has 4 nitrogen and oxygen atoms in total. The molecule has 0 spiro atoms. The average Bonchev–Trinajstić information content (AvgIpc) is 3.04. The van der Waals surface area contributed by atoms with E-state index in [9.17, 15) is 4.79 Å². The van der Waals surface area contributed by atoms with E-state index in [1.807, 2.05) is 0 Å². The van der Waals surface area contributed by atoms with E-state index in [4.69, 9.17) is 10.2 Å². The minimum atomic E-state index is -0.819. The largest absolute Gasteiger partial charge is 0.508 e. The normalized spacial score (nSPS) is 17.0. The number of rotatable bonds is 5. The van der Waals surface area contributed by atoms with Crippen molar-refractivity contribution in [3.05, 3.63) is 29.8 Å². The lowest BCUT2D eigenvalue weighted by Gasteiger charge is -2.13. The smallest absolute Gasteiger partial charge is 0.321 e. The highest BCUT2D eigenvalue weighted by molar-refractivity contribution is 5.74. The molecule has 16 heavy (non-hydrogen) atoms. The van der Waals surface area contributed by atoms with Crippen LogP contribution >= 0.6 is 0 Å². The lowest BCUT2D eigenvalue weighted by molar-refractivity contribution is -0.139. The second-order valence-electron chi connectivity index (χ2n) is 4.20. The molecule has 3 N–H and O–H groups in total. The highest BCUT2D eigenvalue weighted by atomic mass is 16.4. The van der Waals surface area contributed by atoms with Crippen molar-refractivity contribution in [3.8, 4) is 5.75 Å². The molecule has 4 heteroatoms. The molecule has 86 valence electrons. The summed E-state index contributed by atoms with van der Waals surface area (Å²) in [6.45, 7) is 0. The molecule has 1 aromatic carbocycles. The first-order chi connectivity index (χ1) is 7.65. The zero-order valence-electron chi connectivity index (χ0n) is 8.89. The van der Waals surface area contributed by atoms with Crippen molar-refractivity contribution >= 4 is 5.97 Å². The van der Waals surface area contributed by atoms with Gasteiger partial charge in [-0.2, -0.15) is 0 Å². The Bertz CT molecular complexity index is 370. The van der Waals surface area contributed by atoms with E-state index < -0.39 is 12.0 Å². The van der Waals surface area contributed by atoms with Crippen LogP contribution in [-0.4, -0.2) is 28.3 Å². The fourth-order valence-electron chi connectivity index (χ4n) is 1.62. The SMILES string of the molecule is O=C(O)C(Cc1ccc(O)cc1)NC1CC1. The molecule has 0 radical (unpaired) electrons. The van der Waals surface area contributed by atoms with Crippen molar-refractivity contribution in [3.63, 3.8) is 0 Å². The van der Waals surface area contributed by atoms with Gasteiger partial charge in [0.25, 0.3) is 0 Å². The summed E-state index contributed by atoms with van der Waals surface area (Å²) in [5.74, 6) is -0.620. The summed E-state index contributed by atoms with van der Waals surface area (Å²) in [7, 11) is 0. The van der Waals surface area contributed by atoms with Crippen molar-refractivity contribution in [1.29, 1.82) is 0 Å². The van der Waals surface area contributed by atoms with Gasteiger partial charge in [0, 0.05) is 6.04 Å². The molecule has 1 saturated carbocycles. The molecule has 0 amide bonds. The summed E-state index contributed by atoms with van der Waals surface area (Å²) in [6, 6.07) is 6.49. The van der Waals surface area contributed by atoms with Crippen LogP contribution in [0.15, 0.2) is 24.3 Å². The van der Waals surface area contributed by atoms with Gasteiger partial charge in [0.1, 0.15) is 11.8 Å². The summed E-state index contributed by atoms with van der Waals surface area (Å²) in [4.78, 5) is 11.0. The van der Waals surface area contributed by atoms with Crippen LogP contribution in [0, 0.1) is 0 Å². The predicted octanol–water partition coefficient (Wildman–Crippen LogP) is 1.14. The monoisotopic (exact) mass is 221 g/mol. The Balaban J connectivity index is 1.98. The molecule has 2 rings (SSSR count). The van der Waals surface area contributed by atoms with Crippen LogP contribution in [0.1, 0.15) is 18.4 Å². The Kier molecular flexibility index (Phi) is 3.10. The summed E-state index contributed by atoms with van der Waals surface area (Å²) >= 11 is 0. The third-order valence-electron chi connectivity index (χ3n) is 2.69. The average molecular weight is 221 g/mol. The molecular formula is C12H15NO3. The number of carboxylic acids is 1. The van der Waals surface area contributed by atoms with Crippen molar-refractivity contribution in [2.45, 2.75) is 31.3 Å². The Labute approximate surface area is 93.9 Å². The van der Waals surface area contributed by atoms with Gasteiger partial charge in [-0.1, -0.05) is 12.1 Å². The van der Waals surface area contributed by atoms with Gasteiger partial charge in [-0.3, -0.25) is 4.79 Å². The van der Waals surface area contributed by atoms with Crippen LogP contribution in [0.25, 0.3) is 0 Å². The maximum absolute atomic E-state index is 11.0. The first-order valence-corrected chi connectivity index (χ1v) is 5.42. The standard InChI is InChI=1S/C12H15NO3/c14-10-5-1-8(2-6-10)7-11(12(15)16)13-9-3-4-9/h1-2,5-6,9,11,13-14H,3-4,7H2,(H,15,16). The van der Waals surface area contributed by atoms with E-state index in [1.54, 1.807) is 24.3 Å². The summed E-state index contributed by atoms with van der Waals surface area (Å²) in [5, 5.41) is 21.3. The second kappa shape index (κ2) is 4.53. The minimum absolute atomic E-state index is 0.200. The van der Waals surface area contributed by atoms with E-state index in [-0.39, 0.29) is 5.75 Å². The first-order valence-electron chi connectivity index (χ1n) is 5.42. The van der Waals surface area contributed by atoms with Crippen molar-refractivity contribution < 1.29 is 15.0 Å². The lowest BCUT2D eigenvalue weighted by Crippen LogP contribution is -2.39. The first kappa shape index (κ1) is 11.0. The van der Waals surface area contributed by atoms with Gasteiger partial charge in [-0.05, 0) is 37.0 Å². The zero-order chi connectivity index (χ0) is 11.5. The van der Waals surface area contributed by atoms with Crippen LogP contribution in [0.4, 0.5) is 0 Å². The van der Waals surface area contributed by atoms with E-state index in [0.717, 1.165) is 18.4 Å². The van der Waals surface area contributed by atoms with E-state index in [1.165, 1.54) is 0 Å². The van der Waals surface area contributed by atoms with E-state index in [0.29, 0.717) is 12.5 Å². The summed E-state index contributed by atoms with van der Waals surface area (Å²) < 4.78 is 0. The van der Waals surface area contributed by atoms with Gasteiger partial charge in [-0.15, -0.1) is 0 Å². The van der Waals surface area contributed by atoms with Crippen LogP contribution in [0.2, 0.25) is 0 Å². The summed E-state index contributed by atoms with van der Waals surface area (Å²) in [6.07, 6.45) is 2.59. The fourth-order valence-corrected chi connectivity index (χ4v) is 1.62. The number of benzene rings is 1. The molecule has 1 fully saturated rings. The number of nitrogens with one attached hydrogen (secondary N) is 1. The molecule has 0 saturated heterocycles. The Morgan fingerprint density at radius 3 is 2.50 bits per heavy atom. The van der Waals surface area contributed by atoms with Gasteiger partial charge < -0.3 is 15.5 Å². The van der Waals surface area contributed by atoms with Crippen LogP contribution in [-0.2, 0) is 11.2 Å². The maximum Gasteiger partial charge on any atom is 0.321 e. The second-order valence-corrected chi connectivity index (χ2v) is 4.20. The van der Waals surface area contributed by atoms with E-state index in [2.05, 4.69) is 5.32 Å².